The van der Waals surface area contributed by atoms with Crippen LogP contribution in [0.3, 0.4) is 0 Å². The fourth-order valence-corrected chi connectivity index (χ4v) is 4.30. The number of hydrogen-bond donors (Lipinski definition) is 1. The first-order chi connectivity index (χ1) is 9.61. The standard InChI is InChI=1S/C15H22Br2N2O/c1-19-6-4-3-5-12(19)10-18-9-11-7-13(16)15(20-2)14(17)8-11/h7-8,12,18H,3-6,9-10H2,1-2H3. The number of nitrogens with zero attached hydrogens (tertiary/aromatic N) is 1. The highest BCUT2D eigenvalue weighted by atomic mass is 79.9. The fraction of sp³-hybridized carbons (Fsp3) is 0.600. The van der Waals surface area contributed by atoms with E-state index in [4.69, 9.17) is 4.74 Å². The smallest absolute Gasteiger partial charge is 0.147 e. The van der Waals surface area contributed by atoms with Crippen molar-refractivity contribution in [3.05, 3.63) is 26.6 Å². The van der Waals surface area contributed by atoms with E-state index in [0.717, 1.165) is 27.8 Å². The quantitative estimate of drug-likeness (QED) is 0.806. The highest BCUT2D eigenvalue weighted by Crippen LogP contribution is 2.34. The summed E-state index contributed by atoms with van der Waals surface area (Å²) in [6.07, 6.45) is 4.00. The number of rotatable bonds is 5. The maximum absolute atomic E-state index is 5.32. The molecule has 0 aromatic heterocycles. The molecule has 0 bridgehead atoms. The summed E-state index contributed by atoms with van der Waals surface area (Å²) in [6, 6.07) is 4.90. The predicted octanol–water partition coefficient (Wildman–Crippen LogP) is 3.79. The topological polar surface area (TPSA) is 24.5 Å². The van der Waals surface area contributed by atoms with Gasteiger partial charge in [-0.05, 0) is 76.0 Å². The van der Waals surface area contributed by atoms with Crippen molar-refractivity contribution in [1.82, 2.24) is 10.2 Å². The lowest BCUT2D eigenvalue weighted by Gasteiger charge is -2.32. The fourth-order valence-electron chi connectivity index (χ4n) is 2.69. The summed E-state index contributed by atoms with van der Waals surface area (Å²) in [5.74, 6) is 0.848. The van der Waals surface area contributed by atoms with Crippen LogP contribution in [0.1, 0.15) is 24.8 Å². The van der Waals surface area contributed by atoms with E-state index in [1.807, 2.05) is 0 Å². The Morgan fingerprint density at radius 2 is 2.00 bits per heavy atom. The van der Waals surface area contributed by atoms with Crippen LogP contribution in [0, 0.1) is 0 Å². The van der Waals surface area contributed by atoms with Crippen molar-refractivity contribution in [2.24, 2.45) is 0 Å². The van der Waals surface area contributed by atoms with Gasteiger partial charge in [0.1, 0.15) is 5.75 Å². The van der Waals surface area contributed by atoms with Crippen LogP contribution < -0.4 is 10.1 Å². The molecule has 20 heavy (non-hydrogen) atoms. The van der Waals surface area contributed by atoms with E-state index in [0.29, 0.717) is 6.04 Å². The highest BCUT2D eigenvalue weighted by molar-refractivity contribution is 9.11. The molecule has 1 aliphatic heterocycles. The molecule has 1 aromatic carbocycles. The molecule has 0 radical (unpaired) electrons. The van der Waals surface area contributed by atoms with Crippen molar-refractivity contribution < 1.29 is 4.74 Å². The Morgan fingerprint density at radius 3 is 2.60 bits per heavy atom. The number of methoxy groups -OCH3 is 1. The van der Waals surface area contributed by atoms with E-state index in [1.165, 1.54) is 31.4 Å². The Kier molecular flexibility index (Phi) is 6.33. The maximum atomic E-state index is 5.32. The van der Waals surface area contributed by atoms with Crippen molar-refractivity contribution in [3.8, 4) is 5.75 Å². The van der Waals surface area contributed by atoms with Gasteiger partial charge in [-0.15, -0.1) is 0 Å². The van der Waals surface area contributed by atoms with Gasteiger partial charge < -0.3 is 15.0 Å². The summed E-state index contributed by atoms with van der Waals surface area (Å²) in [6.45, 7) is 3.16. The predicted molar refractivity (Wildman–Crippen MR) is 90.4 cm³/mol. The van der Waals surface area contributed by atoms with E-state index in [-0.39, 0.29) is 0 Å². The Balaban J connectivity index is 1.88. The Morgan fingerprint density at radius 1 is 1.30 bits per heavy atom. The average molecular weight is 406 g/mol. The molecular formula is C15H22Br2N2O. The zero-order valence-electron chi connectivity index (χ0n) is 12.1. The van der Waals surface area contributed by atoms with E-state index in [2.05, 4.69) is 61.3 Å². The van der Waals surface area contributed by atoms with Crippen molar-refractivity contribution in [2.45, 2.75) is 31.8 Å². The summed E-state index contributed by atoms with van der Waals surface area (Å²) in [7, 11) is 3.91. The molecular weight excluding hydrogens is 384 g/mol. The van der Waals surface area contributed by atoms with Gasteiger partial charge in [-0.2, -0.15) is 0 Å². The van der Waals surface area contributed by atoms with Gasteiger partial charge in [0.25, 0.3) is 0 Å². The molecule has 1 heterocycles. The minimum Gasteiger partial charge on any atom is -0.494 e. The molecule has 1 aliphatic rings. The Bertz CT molecular complexity index is 430. The maximum Gasteiger partial charge on any atom is 0.147 e. The third kappa shape index (κ3) is 4.20. The lowest BCUT2D eigenvalue weighted by Crippen LogP contribution is -2.42. The SMILES string of the molecule is COc1c(Br)cc(CNCC2CCCCN2C)cc1Br. The van der Waals surface area contributed by atoms with E-state index in [9.17, 15) is 0 Å². The van der Waals surface area contributed by atoms with E-state index >= 15 is 0 Å². The molecule has 1 saturated heterocycles. The Hall–Kier alpha value is -0.100. The van der Waals surface area contributed by atoms with Crippen LogP contribution in [0.5, 0.6) is 5.75 Å². The largest absolute Gasteiger partial charge is 0.494 e. The van der Waals surface area contributed by atoms with Gasteiger partial charge in [0, 0.05) is 19.1 Å². The number of halogens is 2. The molecule has 1 N–H and O–H groups in total. The molecule has 5 heteroatoms. The van der Waals surface area contributed by atoms with Crippen molar-refractivity contribution in [2.75, 3.05) is 27.2 Å². The average Bonchev–Trinajstić information content (AvgIpc) is 2.41. The summed E-state index contributed by atoms with van der Waals surface area (Å²) in [5, 5.41) is 3.57. The molecule has 0 saturated carbocycles. The van der Waals surface area contributed by atoms with E-state index < -0.39 is 0 Å². The van der Waals surface area contributed by atoms with Crippen LogP contribution in [-0.4, -0.2) is 38.2 Å². The number of piperidine rings is 1. The molecule has 2 rings (SSSR count). The minimum atomic E-state index is 0.675. The Labute approximate surface area is 138 Å². The van der Waals surface area contributed by atoms with Gasteiger partial charge in [-0.3, -0.25) is 0 Å². The summed E-state index contributed by atoms with van der Waals surface area (Å²) in [5.41, 5.74) is 1.25. The van der Waals surface area contributed by atoms with Crippen molar-refractivity contribution >= 4 is 31.9 Å². The second-order valence-corrected chi connectivity index (χ2v) is 7.06. The van der Waals surface area contributed by atoms with Crippen molar-refractivity contribution in [3.63, 3.8) is 0 Å². The van der Waals surface area contributed by atoms with Gasteiger partial charge in [0.05, 0.1) is 16.1 Å². The number of hydrogen-bond acceptors (Lipinski definition) is 3. The van der Waals surface area contributed by atoms with E-state index in [1.54, 1.807) is 7.11 Å². The summed E-state index contributed by atoms with van der Waals surface area (Å²) >= 11 is 7.09. The summed E-state index contributed by atoms with van der Waals surface area (Å²) < 4.78 is 7.30. The normalized spacial score (nSPS) is 20.1. The monoisotopic (exact) mass is 404 g/mol. The molecule has 0 spiro atoms. The zero-order valence-corrected chi connectivity index (χ0v) is 15.3. The number of likely N-dealkylation sites (tertiary alicyclic amines) is 1. The molecule has 1 atom stereocenters. The molecule has 3 nitrogen and oxygen atoms in total. The highest BCUT2D eigenvalue weighted by Gasteiger charge is 2.18. The molecule has 112 valence electrons. The van der Waals surface area contributed by atoms with Crippen LogP contribution in [-0.2, 0) is 6.54 Å². The number of benzene rings is 1. The second kappa shape index (κ2) is 7.78. The van der Waals surface area contributed by atoms with Crippen LogP contribution in [0.2, 0.25) is 0 Å². The second-order valence-electron chi connectivity index (χ2n) is 5.35. The lowest BCUT2D eigenvalue weighted by atomic mass is 10.0. The first-order valence-electron chi connectivity index (χ1n) is 7.04. The number of nitrogens with one attached hydrogen (secondary N) is 1. The van der Waals surface area contributed by atoms with Gasteiger partial charge in [-0.25, -0.2) is 0 Å². The zero-order chi connectivity index (χ0) is 14.5. The molecule has 0 aliphatic carbocycles. The van der Waals surface area contributed by atoms with Gasteiger partial charge >= 0.3 is 0 Å². The van der Waals surface area contributed by atoms with Crippen LogP contribution >= 0.6 is 31.9 Å². The first kappa shape index (κ1) is 16.3. The van der Waals surface area contributed by atoms with Gasteiger partial charge in [0.15, 0.2) is 0 Å². The molecule has 0 amide bonds. The van der Waals surface area contributed by atoms with Crippen LogP contribution in [0.25, 0.3) is 0 Å². The third-order valence-electron chi connectivity index (χ3n) is 3.89. The van der Waals surface area contributed by atoms with Gasteiger partial charge in [0.2, 0.25) is 0 Å². The molecule has 1 unspecified atom stereocenters. The van der Waals surface area contributed by atoms with Crippen molar-refractivity contribution in [1.29, 1.82) is 0 Å². The lowest BCUT2D eigenvalue weighted by molar-refractivity contribution is 0.181. The molecule has 1 fully saturated rings. The number of ether oxygens (including phenoxy) is 1. The first-order valence-corrected chi connectivity index (χ1v) is 8.63. The number of likely N-dealkylation sites (N-methyl/N-ethyl adjacent to an activating group) is 1. The third-order valence-corrected chi connectivity index (χ3v) is 5.07. The minimum absolute atomic E-state index is 0.675. The van der Waals surface area contributed by atoms with Gasteiger partial charge in [-0.1, -0.05) is 6.42 Å². The van der Waals surface area contributed by atoms with Crippen LogP contribution in [0.4, 0.5) is 0 Å². The van der Waals surface area contributed by atoms with Crippen LogP contribution in [0.15, 0.2) is 21.1 Å². The molecule has 1 aromatic rings. The summed E-state index contributed by atoms with van der Waals surface area (Å²) in [4.78, 5) is 2.47.